The van der Waals surface area contributed by atoms with Gasteiger partial charge in [-0.25, -0.2) is 0 Å². The molecule has 0 amide bonds. The van der Waals surface area contributed by atoms with Gasteiger partial charge in [0.2, 0.25) is 0 Å². The van der Waals surface area contributed by atoms with E-state index in [-0.39, 0.29) is 29.6 Å². The molecule has 1 rings (SSSR count). The molecule has 1 aromatic carbocycles. The average Bonchev–Trinajstić information content (AvgIpc) is 2.59. The lowest BCUT2D eigenvalue weighted by atomic mass is 10.0. The summed E-state index contributed by atoms with van der Waals surface area (Å²) in [6, 6.07) is 4.83. The molecule has 0 aliphatic heterocycles. The van der Waals surface area contributed by atoms with E-state index < -0.39 is 5.97 Å². The minimum atomic E-state index is -0.452. The van der Waals surface area contributed by atoms with Crippen molar-refractivity contribution >= 4 is 35.1 Å². The summed E-state index contributed by atoms with van der Waals surface area (Å²) in [7, 11) is 0. The smallest absolute Gasteiger partial charge is 0.311 e. The highest BCUT2D eigenvalue weighted by Crippen LogP contribution is 2.31. The molecular weight excluding hydrogens is 363 g/mol. The Bertz CT molecular complexity index is 560. The van der Waals surface area contributed by atoms with Crippen molar-refractivity contribution in [3.8, 4) is 5.75 Å². The van der Waals surface area contributed by atoms with E-state index in [9.17, 15) is 9.59 Å². The molecule has 0 spiro atoms. The normalized spacial score (nSPS) is 11.8. The first kappa shape index (κ1) is 21.8. The quantitative estimate of drug-likeness (QED) is 0.353. The molecule has 25 heavy (non-hydrogen) atoms. The number of rotatable bonds is 11. The average molecular weight is 389 g/mol. The van der Waals surface area contributed by atoms with E-state index in [0.29, 0.717) is 24.0 Å². The molecule has 6 heteroatoms. The maximum Gasteiger partial charge on any atom is 0.311 e. The number of hydrogen-bond donors (Lipinski definition) is 0. The zero-order valence-electron chi connectivity index (χ0n) is 14.9. The Morgan fingerprint density at radius 1 is 1.08 bits per heavy atom. The summed E-state index contributed by atoms with van der Waals surface area (Å²) in [5.74, 6) is -0.0859. The number of carbonyl (C=O) groups is 2. The molecule has 0 aromatic heterocycles. The second kappa shape index (κ2) is 12.2. The van der Waals surface area contributed by atoms with Crippen molar-refractivity contribution in [3.63, 3.8) is 0 Å². The van der Waals surface area contributed by atoms with Crippen LogP contribution < -0.4 is 4.74 Å². The highest BCUT2D eigenvalue weighted by atomic mass is 35.5. The summed E-state index contributed by atoms with van der Waals surface area (Å²) >= 11 is 11.8. The molecule has 4 nitrogen and oxygen atoms in total. The van der Waals surface area contributed by atoms with Gasteiger partial charge in [0.25, 0.3) is 0 Å². The first-order valence-corrected chi connectivity index (χ1v) is 9.53. The summed E-state index contributed by atoms with van der Waals surface area (Å²) in [5.41, 5.74) is 0. The van der Waals surface area contributed by atoms with Crippen molar-refractivity contribution < 1.29 is 19.1 Å². The van der Waals surface area contributed by atoms with E-state index in [2.05, 4.69) is 13.8 Å². The van der Waals surface area contributed by atoms with E-state index in [1.165, 1.54) is 0 Å². The maximum atomic E-state index is 11.8. The van der Waals surface area contributed by atoms with Gasteiger partial charge >= 0.3 is 11.9 Å². The summed E-state index contributed by atoms with van der Waals surface area (Å²) < 4.78 is 10.5. The fourth-order valence-electron chi connectivity index (χ4n) is 2.29. The fraction of sp³-hybridized carbons (Fsp3) is 0.579. The lowest BCUT2D eigenvalue weighted by Crippen LogP contribution is -2.14. The third-order valence-electron chi connectivity index (χ3n) is 3.93. The molecule has 0 bridgehead atoms. The van der Waals surface area contributed by atoms with Gasteiger partial charge in [-0.3, -0.25) is 9.59 Å². The highest BCUT2D eigenvalue weighted by molar-refractivity contribution is 6.43. The van der Waals surface area contributed by atoms with Gasteiger partial charge in [-0.2, -0.15) is 0 Å². The second-order valence-electron chi connectivity index (χ2n) is 5.98. The van der Waals surface area contributed by atoms with Crippen LogP contribution in [-0.4, -0.2) is 18.5 Å². The van der Waals surface area contributed by atoms with Gasteiger partial charge in [0.05, 0.1) is 11.6 Å². The first-order chi connectivity index (χ1) is 12.0. The molecule has 1 atom stereocenters. The van der Waals surface area contributed by atoms with Crippen molar-refractivity contribution in [2.75, 3.05) is 6.61 Å². The molecule has 0 fully saturated rings. The zero-order valence-corrected chi connectivity index (χ0v) is 16.4. The molecule has 0 saturated carbocycles. The molecule has 0 heterocycles. The van der Waals surface area contributed by atoms with Gasteiger partial charge in [0.1, 0.15) is 5.02 Å². The molecular formula is C19H26Cl2O4. The largest absolute Gasteiger partial charge is 0.465 e. The molecule has 140 valence electrons. The second-order valence-corrected chi connectivity index (χ2v) is 6.76. The van der Waals surface area contributed by atoms with Crippen LogP contribution in [0, 0.1) is 5.92 Å². The Morgan fingerprint density at radius 3 is 2.48 bits per heavy atom. The third kappa shape index (κ3) is 8.59. The Labute approximate surface area is 159 Å². The molecule has 0 N–H and O–H groups in total. The van der Waals surface area contributed by atoms with Gasteiger partial charge in [-0.1, -0.05) is 62.4 Å². The highest BCUT2D eigenvalue weighted by Gasteiger charge is 2.13. The van der Waals surface area contributed by atoms with Crippen LogP contribution in [0.1, 0.15) is 58.8 Å². The predicted molar refractivity (Wildman–Crippen MR) is 100 cm³/mol. The monoisotopic (exact) mass is 388 g/mol. The van der Waals surface area contributed by atoms with E-state index in [1.807, 2.05) is 0 Å². The molecule has 0 radical (unpaired) electrons. The van der Waals surface area contributed by atoms with Crippen molar-refractivity contribution in [3.05, 3.63) is 28.2 Å². The number of ether oxygens (including phenoxy) is 2. The summed E-state index contributed by atoms with van der Waals surface area (Å²) in [4.78, 5) is 23.6. The van der Waals surface area contributed by atoms with E-state index in [4.69, 9.17) is 32.7 Å². The summed E-state index contributed by atoms with van der Waals surface area (Å²) in [6.45, 7) is 4.71. The SMILES string of the molecule is CCCCC(CC)COC(=O)CCCC(=O)Oc1cccc(Cl)c1Cl. The maximum absolute atomic E-state index is 11.8. The Kier molecular flexibility index (Phi) is 10.6. The van der Waals surface area contributed by atoms with Crippen LogP contribution in [0.2, 0.25) is 10.0 Å². The van der Waals surface area contributed by atoms with Crippen LogP contribution >= 0.6 is 23.2 Å². The number of unbranched alkanes of at least 4 members (excludes halogenated alkanes) is 1. The van der Waals surface area contributed by atoms with Gasteiger partial charge in [-0.05, 0) is 30.9 Å². The van der Waals surface area contributed by atoms with Crippen molar-refractivity contribution in [2.24, 2.45) is 5.92 Å². The Morgan fingerprint density at radius 2 is 1.80 bits per heavy atom. The summed E-state index contributed by atoms with van der Waals surface area (Å²) in [6.07, 6.45) is 5.05. The number of esters is 2. The van der Waals surface area contributed by atoms with Gasteiger partial charge < -0.3 is 9.47 Å². The van der Waals surface area contributed by atoms with E-state index in [0.717, 1.165) is 25.7 Å². The van der Waals surface area contributed by atoms with Gasteiger partial charge in [0, 0.05) is 12.8 Å². The predicted octanol–water partition coefficient (Wildman–Crippen LogP) is 5.83. The zero-order chi connectivity index (χ0) is 18.7. The molecule has 1 unspecified atom stereocenters. The number of benzene rings is 1. The third-order valence-corrected chi connectivity index (χ3v) is 4.73. The van der Waals surface area contributed by atoms with Crippen LogP contribution in [0.15, 0.2) is 18.2 Å². The van der Waals surface area contributed by atoms with Crippen LogP contribution in [-0.2, 0) is 14.3 Å². The standard InChI is InChI=1S/C19H26Cl2O4/c1-3-5-8-14(4-2)13-24-17(22)11-7-12-18(23)25-16-10-6-9-15(20)19(16)21/h6,9-10,14H,3-5,7-8,11-13H2,1-2H3. The van der Waals surface area contributed by atoms with Crippen LogP contribution in [0.25, 0.3) is 0 Å². The number of halogens is 2. The number of hydrogen-bond acceptors (Lipinski definition) is 4. The first-order valence-electron chi connectivity index (χ1n) is 8.78. The lowest BCUT2D eigenvalue weighted by molar-refractivity contribution is -0.145. The lowest BCUT2D eigenvalue weighted by Gasteiger charge is -2.14. The Balaban J connectivity index is 2.26. The fourth-order valence-corrected chi connectivity index (χ4v) is 2.63. The van der Waals surface area contributed by atoms with Gasteiger partial charge in [-0.15, -0.1) is 0 Å². The van der Waals surface area contributed by atoms with Crippen LogP contribution in [0.4, 0.5) is 0 Å². The van der Waals surface area contributed by atoms with E-state index in [1.54, 1.807) is 18.2 Å². The Hall–Kier alpha value is -1.26. The van der Waals surface area contributed by atoms with Crippen molar-refractivity contribution in [2.45, 2.75) is 58.8 Å². The molecule has 0 aliphatic rings. The topological polar surface area (TPSA) is 52.6 Å². The molecule has 0 aliphatic carbocycles. The number of carbonyl (C=O) groups excluding carboxylic acids is 2. The van der Waals surface area contributed by atoms with Gasteiger partial charge in [0.15, 0.2) is 5.75 Å². The minimum absolute atomic E-state index is 0.116. The van der Waals surface area contributed by atoms with Crippen molar-refractivity contribution in [1.82, 2.24) is 0 Å². The van der Waals surface area contributed by atoms with Crippen molar-refractivity contribution in [1.29, 1.82) is 0 Å². The van der Waals surface area contributed by atoms with Crippen LogP contribution in [0.5, 0.6) is 5.75 Å². The molecule has 1 aromatic rings. The van der Waals surface area contributed by atoms with E-state index >= 15 is 0 Å². The summed E-state index contributed by atoms with van der Waals surface area (Å²) in [5, 5.41) is 0.527. The minimum Gasteiger partial charge on any atom is -0.465 e. The molecule has 0 saturated heterocycles. The van der Waals surface area contributed by atoms with Crippen LogP contribution in [0.3, 0.4) is 0 Å².